The maximum Gasteiger partial charge on any atom is 0.273 e. The van der Waals surface area contributed by atoms with E-state index in [0.29, 0.717) is 15.2 Å². The lowest BCUT2D eigenvalue weighted by Gasteiger charge is -1.91. The van der Waals surface area contributed by atoms with Gasteiger partial charge >= 0.3 is 0 Å². The van der Waals surface area contributed by atoms with Gasteiger partial charge in [-0.05, 0) is 0 Å². The van der Waals surface area contributed by atoms with E-state index in [-0.39, 0.29) is 11.6 Å². The Morgan fingerprint density at radius 1 is 1.77 bits per heavy atom. The second kappa shape index (κ2) is 2.70. The molecule has 2 aromatic rings. The Morgan fingerprint density at radius 3 is 3.23 bits per heavy atom. The fourth-order valence-electron chi connectivity index (χ4n) is 0.999. The smallest absolute Gasteiger partial charge is 0.273 e. The topological polar surface area (TPSA) is 80.0 Å². The third-order valence-corrected chi connectivity index (χ3v) is 2.41. The van der Waals surface area contributed by atoms with Gasteiger partial charge in [-0.25, -0.2) is 4.98 Å². The van der Waals surface area contributed by atoms with E-state index < -0.39 is 0 Å². The van der Waals surface area contributed by atoms with Crippen LogP contribution < -0.4 is 5.32 Å². The molecule has 7 heteroatoms. The molecule has 0 aromatic carbocycles. The van der Waals surface area contributed by atoms with Gasteiger partial charge in [-0.2, -0.15) is 0 Å². The number of carbonyl (C=O) groups is 1. The Morgan fingerprint density at radius 2 is 2.54 bits per heavy atom. The Kier molecular flexibility index (Phi) is 1.66. The zero-order chi connectivity index (χ0) is 9.42. The first-order chi connectivity index (χ1) is 6.24. The minimum absolute atomic E-state index is 0.197. The molecule has 0 bridgehead atoms. The first-order valence-electron chi connectivity index (χ1n) is 3.47. The summed E-state index contributed by atoms with van der Waals surface area (Å²) in [5.41, 5.74) is 2.05. The number of thiazole rings is 1. The molecule has 0 radical (unpaired) electrons. The van der Waals surface area contributed by atoms with Crippen LogP contribution in [0.1, 0.15) is 10.5 Å². The molecule has 13 heavy (non-hydrogen) atoms. The van der Waals surface area contributed by atoms with Crippen LogP contribution in [0.3, 0.4) is 0 Å². The summed E-state index contributed by atoms with van der Waals surface area (Å²) in [5.74, 6) is -0.331. The van der Waals surface area contributed by atoms with Gasteiger partial charge in [-0.1, -0.05) is 4.85 Å². The predicted octanol–water partition coefficient (Wildman–Crippen LogP) is 0.0897. The molecule has 0 saturated heterocycles. The van der Waals surface area contributed by atoms with Crippen LogP contribution in [0.5, 0.6) is 0 Å². The molecule has 0 saturated carbocycles. The maximum absolute atomic E-state index is 11.2. The van der Waals surface area contributed by atoms with Crippen LogP contribution in [0.2, 0.25) is 0 Å². The monoisotopic (exact) mass is 198 g/mol. The Balaban J connectivity index is 2.68. The van der Waals surface area contributed by atoms with Gasteiger partial charge in [0.05, 0.1) is 5.51 Å². The van der Waals surface area contributed by atoms with Gasteiger partial charge in [-0.15, -0.1) is 16.4 Å². The molecular weight excluding hydrogens is 192 g/mol. The van der Waals surface area contributed by atoms with Gasteiger partial charge in [0, 0.05) is 7.05 Å². The van der Waals surface area contributed by atoms with E-state index >= 15 is 0 Å². The van der Waals surface area contributed by atoms with Gasteiger partial charge in [0.2, 0.25) is 5.65 Å². The number of nitrogens with zero attached hydrogens (tertiary/aromatic N) is 3. The van der Waals surface area contributed by atoms with Gasteiger partial charge < -0.3 is 10.5 Å². The van der Waals surface area contributed by atoms with Crippen LogP contribution in [0.4, 0.5) is 0 Å². The van der Waals surface area contributed by atoms with E-state index in [1.165, 1.54) is 18.4 Å². The molecule has 1 amide bonds. The highest BCUT2D eigenvalue weighted by molar-refractivity contribution is 7.17. The highest BCUT2D eigenvalue weighted by atomic mass is 32.1. The Hall–Kier alpha value is -1.63. The van der Waals surface area contributed by atoms with Crippen molar-refractivity contribution in [2.24, 2.45) is 0 Å². The molecule has 0 unspecified atom stereocenters. The molecule has 68 valence electrons. The molecule has 6 nitrogen and oxygen atoms in total. The van der Waals surface area contributed by atoms with Crippen LogP contribution in [0.15, 0.2) is 5.51 Å². The van der Waals surface area contributed by atoms with Crippen LogP contribution >= 0.6 is 11.3 Å². The van der Waals surface area contributed by atoms with Gasteiger partial charge in [0.15, 0.2) is 5.69 Å². The number of hydrogen-bond acceptors (Lipinski definition) is 5. The lowest BCUT2D eigenvalue weighted by atomic mass is 10.4. The van der Waals surface area contributed by atoms with Crippen LogP contribution in [-0.4, -0.2) is 33.1 Å². The Bertz CT molecular complexity index is 460. The predicted molar refractivity (Wildman–Crippen MR) is 46.0 cm³/mol. The number of hydrogen-bond donors (Lipinski definition) is 2. The SMILES string of the molecule is CNC(=O)c1nn(O)c2ncsc12. The standard InChI is InChI=1S/C6H6N4O2S/c1-7-6(11)3-4-5(8-2-13-4)10(12)9-3/h2,12H,1H3,(H,7,11). The van der Waals surface area contributed by atoms with E-state index in [1.807, 2.05) is 0 Å². The van der Waals surface area contributed by atoms with Crippen molar-refractivity contribution in [2.45, 2.75) is 0 Å². The minimum atomic E-state index is -0.331. The molecule has 0 aliphatic rings. The first kappa shape index (κ1) is 7.99. The largest absolute Gasteiger partial charge is 0.410 e. The maximum atomic E-state index is 11.2. The first-order valence-corrected chi connectivity index (χ1v) is 4.35. The van der Waals surface area contributed by atoms with Crippen molar-refractivity contribution in [1.29, 1.82) is 0 Å². The van der Waals surface area contributed by atoms with E-state index in [1.54, 1.807) is 5.51 Å². The summed E-state index contributed by atoms with van der Waals surface area (Å²) < 4.78 is 0.585. The van der Waals surface area contributed by atoms with E-state index in [2.05, 4.69) is 15.4 Å². The average Bonchev–Trinajstić information content (AvgIpc) is 2.68. The summed E-state index contributed by atoms with van der Waals surface area (Å²) in [6.07, 6.45) is 0. The molecule has 0 aliphatic heterocycles. The van der Waals surface area contributed by atoms with Crippen LogP contribution in [-0.2, 0) is 0 Å². The molecule has 2 heterocycles. The molecule has 0 spiro atoms. The normalized spacial score (nSPS) is 10.5. The second-order valence-electron chi connectivity index (χ2n) is 2.32. The summed E-state index contributed by atoms with van der Waals surface area (Å²) in [4.78, 5) is 15.7. The van der Waals surface area contributed by atoms with Crippen molar-refractivity contribution in [3.63, 3.8) is 0 Å². The van der Waals surface area contributed by atoms with E-state index in [4.69, 9.17) is 0 Å². The van der Waals surface area contributed by atoms with Crippen molar-refractivity contribution in [1.82, 2.24) is 20.2 Å². The van der Waals surface area contributed by atoms with Gasteiger partial charge in [0.25, 0.3) is 5.91 Å². The average molecular weight is 198 g/mol. The van der Waals surface area contributed by atoms with Crippen molar-refractivity contribution in [2.75, 3.05) is 7.05 Å². The fourth-order valence-corrected chi connectivity index (χ4v) is 1.74. The lowest BCUT2D eigenvalue weighted by molar-refractivity contribution is 0.0947. The summed E-state index contributed by atoms with van der Waals surface area (Å²) >= 11 is 1.26. The summed E-state index contributed by atoms with van der Waals surface area (Å²) in [5, 5.41) is 15.3. The second-order valence-corrected chi connectivity index (χ2v) is 3.18. The van der Waals surface area contributed by atoms with Crippen molar-refractivity contribution >= 4 is 27.6 Å². The summed E-state index contributed by atoms with van der Waals surface area (Å²) in [6, 6.07) is 0. The number of fused-ring (bicyclic) bond motifs is 1. The number of aromatic nitrogens is 3. The Labute approximate surface area is 76.8 Å². The third-order valence-electron chi connectivity index (χ3n) is 1.59. The quantitative estimate of drug-likeness (QED) is 0.636. The summed E-state index contributed by atoms with van der Waals surface area (Å²) in [7, 11) is 1.51. The zero-order valence-corrected chi connectivity index (χ0v) is 7.50. The van der Waals surface area contributed by atoms with Gasteiger partial charge in [0.1, 0.15) is 4.70 Å². The number of rotatable bonds is 1. The van der Waals surface area contributed by atoms with Crippen molar-refractivity contribution in [3.05, 3.63) is 11.2 Å². The number of nitrogens with one attached hydrogen (secondary N) is 1. The molecule has 2 aromatic heterocycles. The van der Waals surface area contributed by atoms with E-state index in [9.17, 15) is 10.0 Å². The molecular formula is C6H6N4O2S. The van der Waals surface area contributed by atoms with Crippen molar-refractivity contribution in [3.8, 4) is 0 Å². The lowest BCUT2D eigenvalue weighted by Crippen LogP contribution is -2.18. The highest BCUT2D eigenvalue weighted by Crippen LogP contribution is 2.20. The number of amides is 1. The fraction of sp³-hybridized carbons (Fsp3) is 0.167. The van der Waals surface area contributed by atoms with Gasteiger partial charge in [-0.3, -0.25) is 4.79 Å². The summed E-state index contributed by atoms with van der Waals surface area (Å²) in [6.45, 7) is 0. The van der Waals surface area contributed by atoms with Crippen molar-refractivity contribution < 1.29 is 10.0 Å². The van der Waals surface area contributed by atoms with E-state index in [0.717, 1.165) is 0 Å². The zero-order valence-electron chi connectivity index (χ0n) is 6.68. The third kappa shape index (κ3) is 1.04. The highest BCUT2D eigenvalue weighted by Gasteiger charge is 2.17. The number of carbonyl (C=O) groups excluding carboxylic acids is 1. The minimum Gasteiger partial charge on any atom is -0.410 e. The molecule has 0 fully saturated rings. The molecule has 0 atom stereocenters. The molecule has 0 aliphatic carbocycles. The van der Waals surface area contributed by atoms with Crippen LogP contribution in [0.25, 0.3) is 10.3 Å². The molecule has 2 rings (SSSR count). The van der Waals surface area contributed by atoms with Crippen LogP contribution in [0, 0.1) is 0 Å². The molecule has 2 N–H and O–H groups in total.